The number of carbonyl (C=O) groups is 1. The van der Waals surface area contributed by atoms with Crippen molar-refractivity contribution in [3.8, 4) is 0 Å². The maximum atomic E-state index is 12.4. The molecule has 3 nitrogen and oxygen atoms in total. The minimum Gasteiger partial charge on any atom is -0.326 e. The molecule has 0 spiro atoms. The van der Waals surface area contributed by atoms with Crippen molar-refractivity contribution in [2.45, 2.75) is 45.6 Å². The van der Waals surface area contributed by atoms with E-state index in [1.807, 2.05) is 24.3 Å². The number of nitrogens with two attached hydrogens (primary N) is 1. The molecule has 0 saturated heterocycles. The van der Waals surface area contributed by atoms with Gasteiger partial charge < -0.3 is 11.1 Å². The lowest BCUT2D eigenvalue weighted by Crippen LogP contribution is -2.33. The third-order valence-corrected chi connectivity index (χ3v) is 4.17. The Hall–Kier alpha value is -1.06. The first kappa shape index (κ1) is 16.0. The van der Waals surface area contributed by atoms with Crippen LogP contribution < -0.4 is 11.1 Å². The number of nitrogens with one attached hydrogen (secondary N) is 1. The van der Waals surface area contributed by atoms with E-state index < -0.39 is 0 Å². The number of benzene rings is 1. The molecule has 0 bridgehead atoms. The van der Waals surface area contributed by atoms with Crippen LogP contribution in [0.15, 0.2) is 24.3 Å². The van der Waals surface area contributed by atoms with Crippen LogP contribution in [-0.4, -0.2) is 5.91 Å². The summed E-state index contributed by atoms with van der Waals surface area (Å²) >= 11 is 0. The molecule has 2 rings (SSSR count). The van der Waals surface area contributed by atoms with Crippen molar-refractivity contribution >= 4 is 24.0 Å². The monoisotopic (exact) mass is 282 g/mol. The molecule has 1 aliphatic rings. The van der Waals surface area contributed by atoms with Crippen LogP contribution >= 0.6 is 12.4 Å². The third kappa shape index (κ3) is 3.48. The normalized spacial score (nSPS) is 16.7. The number of rotatable bonds is 4. The minimum atomic E-state index is -0.132. The summed E-state index contributed by atoms with van der Waals surface area (Å²) in [7, 11) is 0. The van der Waals surface area contributed by atoms with E-state index in [-0.39, 0.29) is 23.7 Å². The summed E-state index contributed by atoms with van der Waals surface area (Å²) in [5, 5.41) is 3.05. The van der Waals surface area contributed by atoms with Crippen LogP contribution in [-0.2, 0) is 11.3 Å². The van der Waals surface area contributed by atoms with Crippen molar-refractivity contribution in [3.05, 3.63) is 29.8 Å². The Morgan fingerprint density at radius 2 is 1.84 bits per heavy atom. The van der Waals surface area contributed by atoms with Gasteiger partial charge in [-0.3, -0.25) is 4.79 Å². The highest BCUT2D eigenvalue weighted by atomic mass is 35.5. The second-order valence-electron chi connectivity index (χ2n) is 5.20. The fourth-order valence-corrected chi connectivity index (χ4v) is 2.78. The molecule has 0 aromatic heterocycles. The largest absolute Gasteiger partial charge is 0.326 e. The number of hydrogen-bond donors (Lipinski definition) is 2. The van der Waals surface area contributed by atoms with Gasteiger partial charge >= 0.3 is 0 Å². The Morgan fingerprint density at radius 3 is 2.32 bits per heavy atom. The van der Waals surface area contributed by atoms with Gasteiger partial charge in [0.2, 0.25) is 5.91 Å². The van der Waals surface area contributed by atoms with Gasteiger partial charge in [-0.2, -0.15) is 0 Å². The van der Waals surface area contributed by atoms with Gasteiger partial charge in [-0.1, -0.05) is 31.9 Å². The van der Waals surface area contributed by atoms with Gasteiger partial charge in [0.15, 0.2) is 0 Å². The molecular formula is C15H23ClN2O. The van der Waals surface area contributed by atoms with Crippen LogP contribution in [0.25, 0.3) is 0 Å². The van der Waals surface area contributed by atoms with Crippen molar-refractivity contribution in [2.24, 2.45) is 11.1 Å². The molecule has 0 unspecified atom stereocenters. The maximum absolute atomic E-state index is 12.4. The molecule has 106 valence electrons. The van der Waals surface area contributed by atoms with Crippen molar-refractivity contribution in [1.82, 2.24) is 0 Å². The lowest BCUT2D eigenvalue weighted by atomic mass is 9.82. The first-order chi connectivity index (χ1) is 8.70. The van der Waals surface area contributed by atoms with E-state index in [0.29, 0.717) is 6.54 Å². The van der Waals surface area contributed by atoms with Crippen LogP contribution in [0, 0.1) is 5.41 Å². The first-order valence-electron chi connectivity index (χ1n) is 6.81. The SMILES string of the molecule is CCC1(C(=O)Nc2ccc(CN)cc2)CCCC1.Cl. The molecule has 4 heteroatoms. The number of halogens is 1. The molecule has 3 N–H and O–H groups in total. The van der Waals surface area contributed by atoms with Crippen LogP contribution in [0.4, 0.5) is 5.69 Å². The van der Waals surface area contributed by atoms with E-state index in [0.717, 1.165) is 30.5 Å². The second kappa shape index (κ2) is 6.92. The minimum absolute atomic E-state index is 0. The van der Waals surface area contributed by atoms with Crippen molar-refractivity contribution < 1.29 is 4.79 Å². The van der Waals surface area contributed by atoms with Gasteiger partial charge in [0.1, 0.15) is 0 Å². The highest BCUT2D eigenvalue weighted by molar-refractivity contribution is 5.95. The molecule has 1 fully saturated rings. The Balaban J connectivity index is 0.00000180. The standard InChI is InChI=1S/C15H22N2O.ClH/c1-2-15(9-3-4-10-15)14(18)17-13-7-5-12(11-16)6-8-13;/h5-8H,2-4,9-11,16H2,1H3,(H,17,18);1H. The molecule has 0 atom stereocenters. The summed E-state index contributed by atoms with van der Waals surface area (Å²) < 4.78 is 0. The number of amides is 1. The first-order valence-corrected chi connectivity index (χ1v) is 6.81. The van der Waals surface area contributed by atoms with E-state index in [2.05, 4.69) is 12.2 Å². The summed E-state index contributed by atoms with van der Waals surface area (Å²) in [6.45, 7) is 2.65. The van der Waals surface area contributed by atoms with Crippen LogP contribution in [0.3, 0.4) is 0 Å². The highest BCUT2D eigenvalue weighted by Gasteiger charge is 2.39. The zero-order valence-electron chi connectivity index (χ0n) is 11.4. The second-order valence-corrected chi connectivity index (χ2v) is 5.20. The van der Waals surface area contributed by atoms with Gasteiger partial charge in [-0.15, -0.1) is 12.4 Å². The molecule has 1 aromatic carbocycles. The van der Waals surface area contributed by atoms with Crippen LogP contribution in [0.1, 0.15) is 44.6 Å². The molecule has 19 heavy (non-hydrogen) atoms. The van der Waals surface area contributed by atoms with Crippen molar-refractivity contribution in [2.75, 3.05) is 5.32 Å². The average molecular weight is 283 g/mol. The fourth-order valence-electron chi connectivity index (χ4n) is 2.78. The topological polar surface area (TPSA) is 55.1 Å². The van der Waals surface area contributed by atoms with E-state index in [4.69, 9.17) is 5.73 Å². The van der Waals surface area contributed by atoms with Gasteiger partial charge in [0.05, 0.1) is 0 Å². The summed E-state index contributed by atoms with van der Waals surface area (Å²) in [6.07, 6.45) is 5.33. The molecular weight excluding hydrogens is 260 g/mol. The Labute approximate surface area is 121 Å². The van der Waals surface area contributed by atoms with Crippen LogP contribution in [0.5, 0.6) is 0 Å². The zero-order valence-corrected chi connectivity index (χ0v) is 12.3. The summed E-state index contributed by atoms with van der Waals surface area (Å²) in [4.78, 5) is 12.4. The van der Waals surface area contributed by atoms with Gasteiger partial charge in [0.25, 0.3) is 0 Å². The van der Waals surface area contributed by atoms with Gasteiger partial charge in [-0.05, 0) is 37.0 Å². The molecule has 0 heterocycles. The van der Waals surface area contributed by atoms with Crippen molar-refractivity contribution in [3.63, 3.8) is 0 Å². The Bertz CT molecular complexity index is 411. The van der Waals surface area contributed by atoms with E-state index in [1.54, 1.807) is 0 Å². The molecule has 1 aromatic rings. The van der Waals surface area contributed by atoms with E-state index in [9.17, 15) is 4.79 Å². The quantitative estimate of drug-likeness (QED) is 0.888. The lowest BCUT2D eigenvalue weighted by molar-refractivity contribution is -0.125. The Kier molecular flexibility index (Phi) is 5.83. The fraction of sp³-hybridized carbons (Fsp3) is 0.533. The number of hydrogen-bond acceptors (Lipinski definition) is 2. The summed E-state index contributed by atoms with van der Waals surface area (Å²) in [6, 6.07) is 7.78. The van der Waals surface area contributed by atoms with E-state index >= 15 is 0 Å². The molecule has 1 aliphatic carbocycles. The average Bonchev–Trinajstić information content (AvgIpc) is 2.89. The predicted molar refractivity (Wildman–Crippen MR) is 81.4 cm³/mol. The number of carbonyl (C=O) groups excluding carboxylic acids is 1. The lowest BCUT2D eigenvalue weighted by Gasteiger charge is -2.26. The predicted octanol–water partition coefficient (Wildman–Crippen LogP) is 3.48. The van der Waals surface area contributed by atoms with Gasteiger partial charge in [0, 0.05) is 17.6 Å². The Morgan fingerprint density at radius 1 is 1.26 bits per heavy atom. The summed E-state index contributed by atoms with van der Waals surface area (Å²) in [5.74, 6) is 0.183. The summed E-state index contributed by atoms with van der Waals surface area (Å²) in [5.41, 5.74) is 7.38. The van der Waals surface area contributed by atoms with Crippen LogP contribution in [0.2, 0.25) is 0 Å². The number of anilines is 1. The molecule has 0 radical (unpaired) electrons. The third-order valence-electron chi connectivity index (χ3n) is 4.17. The van der Waals surface area contributed by atoms with Crippen molar-refractivity contribution in [1.29, 1.82) is 0 Å². The zero-order chi connectivity index (χ0) is 13.0. The molecule has 0 aliphatic heterocycles. The maximum Gasteiger partial charge on any atom is 0.230 e. The van der Waals surface area contributed by atoms with E-state index in [1.165, 1.54) is 12.8 Å². The van der Waals surface area contributed by atoms with Gasteiger partial charge in [-0.25, -0.2) is 0 Å². The molecule has 1 saturated carbocycles. The highest BCUT2D eigenvalue weighted by Crippen LogP contribution is 2.41. The smallest absolute Gasteiger partial charge is 0.230 e. The molecule has 1 amide bonds.